The quantitative estimate of drug-likeness (QED) is 0.219. The van der Waals surface area contributed by atoms with E-state index in [-0.39, 0.29) is 17.2 Å². The summed E-state index contributed by atoms with van der Waals surface area (Å²) in [6.45, 7) is 2.13. The fourth-order valence-corrected chi connectivity index (χ4v) is 4.06. The number of hydrogen-bond donors (Lipinski definition) is 2. The topological polar surface area (TPSA) is 79.8 Å². The van der Waals surface area contributed by atoms with Gasteiger partial charge in [-0.25, -0.2) is 4.79 Å². The van der Waals surface area contributed by atoms with Crippen LogP contribution in [-0.4, -0.2) is 17.6 Å². The van der Waals surface area contributed by atoms with Gasteiger partial charge in [0, 0.05) is 26.9 Å². The largest absolute Gasteiger partial charge is 0.391 e. The molecule has 0 heterocycles. The molecule has 0 saturated carbocycles. The van der Waals surface area contributed by atoms with Crippen molar-refractivity contribution in [1.29, 1.82) is 0 Å². The fourth-order valence-electron chi connectivity index (χ4n) is 3.09. The first-order chi connectivity index (χ1) is 16.8. The van der Waals surface area contributed by atoms with Gasteiger partial charge in [-0.05, 0) is 42.8 Å². The van der Waals surface area contributed by atoms with Gasteiger partial charge in [0.1, 0.15) is 6.61 Å². The summed E-state index contributed by atoms with van der Waals surface area (Å²) in [5.41, 5.74) is 2.69. The first-order valence-electron chi connectivity index (χ1n) is 10.6. The van der Waals surface area contributed by atoms with Gasteiger partial charge in [0.15, 0.2) is 0 Å². The molecule has 0 radical (unpaired) electrons. The highest BCUT2D eigenvalue weighted by molar-refractivity contribution is 6.37. The fraction of sp³-hybridized carbons (Fsp3) is 0.160. The van der Waals surface area contributed by atoms with Crippen LogP contribution in [0, 0.1) is 0 Å². The summed E-state index contributed by atoms with van der Waals surface area (Å²) in [6, 6.07) is 15.8. The van der Waals surface area contributed by atoms with E-state index in [1.54, 1.807) is 54.6 Å². The summed E-state index contributed by atoms with van der Waals surface area (Å²) >= 11 is 24.6. The maximum atomic E-state index is 12.2. The SMILES string of the molecule is CCC/C(=N\OCc1ccc(NC(=O)NC(=O)c2ccccc2Cl)cc1Cl)c1ccc(Cl)cc1Cl. The van der Waals surface area contributed by atoms with Gasteiger partial charge in [-0.15, -0.1) is 0 Å². The van der Waals surface area contributed by atoms with E-state index >= 15 is 0 Å². The predicted molar refractivity (Wildman–Crippen MR) is 142 cm³/mol. The molecule has 0 aliphatic carbocycles. The lowest BCUT2D eigenvalue weighted by Gasteiger charge is -2.11. The highest BCUT2D eigenvalue weighted by atomic mass is 35.5. The Bertz CT molecular complexity index is 1260. The second kappa shape index (κ2) is 12.8. The van der Waals surface area contributed by atoms with E-state index in [0.29, 0.717) is 38.5 Å². The molecule has 0 saturated heterocycles. The minimum absolute atomic E-state index is 0.106. The van der Waals surface area contributed by atoms with Crippen LogP contribution in [0.25, 0.3) is 0 Å². The number of hydrogen-bond acceptors (Lipinski definition) is 4. The van der Waals surface area contributed by atoms with E-state index in [4.69, 9.17) is 51.2 Å². The van der Waals surface area contributed by atoms with Gasteiger partial charge in [0.05, 0.1) is 21.3 Å². The van der Waals surface area contributed by atoms with Crippen LogP contribution < -0.4 is 10.6 Å². The van der Waals surface area contributed by atoms with Crippen molar-refractivity contribution in [2.45, 2.75) is 26.4 Å². The number of amides is 3. The first kappa shape index (κ1) is 26.8. The van der Waals surface area contributed by atoms with E-state index < -0.39 is 11.9 Å². The Balaban J connectivity index is 1.61. The van der Waals surface area contributed by atoms with Crippen molar-refractivity contribution in [3.63, 3.8) is 0 Å². The molecule has 10 heteroatoms. The van der Waals surface area contributed by atoms with Crippen LogP contribution in [0.1, 0.15) is 41.3 Å². The lowest BCUT2D eigenvalue weighted by Crippen LogP contribution is -2.34. The van der Waals surface area contributed by atoms with Gasteiger partial charge < -0.3 is 10.2 Å². The number of benzene rings is 3. The van der Waals surface area contributed by atoms with Crippen LogP contribution in [0.2, 0.25) is 20.1 Å². The molecule has 0 spiro atoms. The summed E-state index contributed by atoms with van der Waals surface area (Å²) in [6.07, 6.45) is 1.52. The average molecular weight is 553 g/mol. The molecule has 6 nitrogen and oxygen atoms in total. The van der Waals surface area contributed by atoms with E-state index in [1.165, 1.54) is 6.07 Å². The van der Waals surface area contributed by atoms with Crippen LogP contribution >= 0.6 is 46.4 Å². The third-order valence-electron chi connectivity index (χ3n) is 4.78. The van der Waals surface area contributed by atoms with Crippen LogP contribution in [0.15, 0.2) is 65.8 Å². The summed E-state index contributed by atoms with van der Waals surface area (Å²) in [4.78, 5) is 30.0. The van der Waals surface area contributed by atoms with Gasteiger partial charge in [0.2, 0.25) is 0 Å². The molecule has 3 amide bonds. The Kier molecular flexibility index (Phi) is 9.81. The Morgan fingerprint density at radius 3 is 2.34 bits per heavy atom. The van der Waals surface area contributed by atoms with Crippen molar-refractivity contribution in [2.75, 3.05) is 5.32 Å². The molecule has 0 fully saturated rings. The van der Waals surface area contributed by atoms with E-state index in [0.717, 1.165) is 12.0 Å². The normalized spacial score (nSPS) is 11.2. The summed E-state index contributed by atoms with van der Waals surface area (Å²) in [7, 11) is 0. The number of anilines is 1. The number of nitrogens with one attached hydrogen (secondary N) is 2. The summed E-state index contributed by atoms with van der Waals surface area (Å²) in [5, 5.41) is 10.7. The van der Waals surface area contributed by atoms with Gasteiger partial charge in [-0.1, -0.05) is 89.2 Å². The molecule has 0 unspecified atom stereocenters. The van der Waals surface area contributed by atoms with E-state index in [1.807, 2.05) is 6.92 Å². The van der Waals surface area contributed by atoms with Crippen molar-refractivity contribution >= 4 is 69.7 Å². The standard InChI is InChI=1S/C25H21Cl4N3O3/c1-2-5-23(18-11-9-16(26)12-22(18)29)32-35-14-15-8-10-17(13-21(15)28)30-25(34)31-24(33)19-6-3-4-7-20(19)27/h3-4,6-13H,2,5,14H2,1H3,(H2,30,31,33,34)/b32-23+. The number of urea groups is 1. The number of carbonyl (C=O) groups excluding carboxylic acids is 2. The second-order valence-electron chi connectivity index (χ2n) is 7.38. The van der Waals surface area contributed by atoms with Crippen LogP contribution in [-0.2, 0) is 11.4 Å². The molecule has 0 atom stereocenters. The van der Waals surface area contributed by atoms with Crippen LogP contribution in [0.3, 0.4) is 0 Å². The van der Waals surface area contributed by atoms with Gasteiger partial charge in [-0.3, -0.25) is 10.1 Å². The van der Waals surface area contributed by atoms with Crippen molar-refractivity contribution in [1.82, 2.24) is 5.32 Å². The molecule has 0 aliphatic heterocycles. The third kappa shape index (κ3) is 7.61. The zero-order valence-corrected chi connectivity index (χ0v) is 21.6. The molecular formula is C25H21Cl4N3O3. The lowest BCUT2D eigenvalue weighted by atomic mass is 10.1. The molecule has 0 aliphatic rings. The van der Waals surface area contributed by atoms with Crippen molar-refractivity contribution in [3.8, 4) is 0 Å². The number of nitrogens with zero attached hydrogens (tertiary/aromatic N) is 1. The monoisotopic (exact) mass is 551 g/mol. The number of rotatable bonds is 8. The Morgan fingerprint density at radius 1 is 0.886 bits per heavy atom. The first-order valence-corrected chi connectivity index (χ1v) is 12.1. The Hall–Kier alpha value is -2.77. The lowest BCUT2D eigenvalue weighted by molar-refractivity contribution is 0.0967. The number of carbonyl (C=O) groups is 2. The molecular weight excluding hydrogens is 532 g/mol. The van der Waals surface area contributed by atoms with Gasteiger partial charge >= 0.3 is 6.03 Å². The summed E-state index contributed by atoms with van der Waals surface area (Å²) in [5.74, 6) is -0.620. The molecule has 0 bridgehead atoms. The van der Waals surface area contributed by atoms with Gasteiger partial charge in [0.25, 0.3) is 5.91 Å². The Morgan fingerprint density at radius 2 is 1.66 bits per heavy atom. The van der Waals surface area contributed by atoms with Gasteiger partial charge in [-0.2, -0.15) is 0 Å². The molecule has 182 valence electrons. The molecule has 3 aromatic carbocycles. The van der Waals surface area contributed by atoms with Crippen molar-refractivity contribution in [2.24, 2.45) is 5.16 Å². The third-order valence-corrected chi connectivity index (χ3v) is 6.01. The minimum Gasteiger partial charge on any atom is -0.391 e. The minimum atomic E-state index is -0.719. The van der Waals surface area contributed by atoms with Crippen molar-refractivity contribution < 1.29 is 14.4 Å². The Labute approximate surface area is 223 Å². The highest BCUT2D eigenvalue weighted by Gasteiger charge is 2.14. The predicted octanol–water partition coefficient (Wildman–Crippen LogP) is 7.98. The maximum Gasteiger partial charge on any atom is 0.326 e. The highest BCUT2D eigenvalue weighted by Crippen LogP contribution is 2.25. The average Bonchev–Trinajstić information content (AvgIpc) is 2.80. The number of imide groups is 1. The van der Waals surface area contributed by atoms with Crippen LogP contribution in [0.4, 0.5) is 10.5 Å². The van der Waals surface area contributed by atoms with E-state index in [9.17, 15) is 9.59 Å². The second-order valence-corrected chi connectivity index (χ2v) is 9.04. The smallest absolute Gasteiger partial charge is 0.326 e. The zero-order valence-electron chi connectivity index (χ0n) is 18.6. The number of oxime groups is 1. The number of halogens is 4. The zero-order chi connectivity index (χ0) is 25.4. The molecule has 3 aromatic rings. The van der Waals surface area contributed by atoms with Crippen LogP contribution in [0.5, 0.6) is 0 Å². The van der Waals surface area contributed by atoms with E-state index in [2.05, 4.69) is 15.8 Å². The maximum absolute atomic E-state index is 12.2. The molecule has 3 rings (SSSR count). The molecule has 0 aromatic heterocycles. The molecule has 35 heavy (non-hydrogen) atoms. The molecule has 2 N–H and O–H groups in total. The van der Waals surface area contributed by atoms with Crippen molar-refractivity contribution in [3.05, 3.63) is 97.4 Å². The summed E-state index contributed by atoms with van der Waals surface area (Å²) < 4.78 is 0.